The van der Waals surface area contributed by atoms with E-state index in [0.717, 1.165) is 22.9 Å². The standard InChI is InChI=1S/C12H13BrO2S/c1-15-11(14)12(5-6-12)8-3-4-10(16-2)9(13)7-8/h3-4,7H,5-6H2,1-2H3. The largest absolute Gasteiger partial charge is 0.468 e. The molecule has 0 atom stereocenters. The van der Waals surface area contributed by atoms with Crippen molar-refractivity contribution in [3.8, 4) is 0 Å². The van der Waals surface area contributed by atoms with E-state index in [1.165, 1.54) is 12.0 Å². The van der Waals surface area contributed by atoms with Crippen LogP contribution in [0, 0.1) is 0 Å². The molecule has 0 aliphatic heterocycles. The first-order valence-corrected chi connectivity index (χ1v) is 7.08. The van der Waals surface area contributed by atoms with E-state index < -0.39 is 0 Å². The molecular formula is C12H13BrO2S. The van der Waals surface area contributed by atoms with Gasteiger partial charge in [0.25, 0.3) is 0 Å². The first-order chi connectivity index (χ1) is 7.64. The van der Waals surface area contributed by atoms with Crippen LogP contribution in [0.15, 0.2) is 27.6 Å². The summed E-state index contributed by atoms with van der Waals surface area (Å²) in [6.45, 7) is 0. The van der Waals surface area contributed by atoms with Gasteiger partial charge in [-0.2, -0.15) is 0 Å². The molecule has 1 aromatic carbocycles. The zero-order valence-electron chi connectivity index (χ0n) is 9.25. The number of halogens is 1. The Hall–Kier alpha value is -0.480. The Morgan fingerprint density at radius 3 is 2.62 bits per heavy atom. The van der Waals surface area contributed by atoms with Crippen LogP contribution in [0.5, 0.6) is 0 Å². The Morgan fingerprint density at radius 1 is 1.50 bits per heavy atom. The van der Waals surface area contributed by atoms with Gasteiger partial charge in [-0.15, -0.1) is 11.8 Å². The van der Waals surface area contributed by atoms with Crippen molar-refractivity contribution in [2.45, 2.75) is 23.2 Å². The van der Waals surface area contributed by atoms with E-state index in [-0.39, 0.29) is 11.4 Å². The minimum Gasteiger partial charge on any atom is -0.468 e. The zero-order valence-corrected chi connectivity index (χ0v) is 11.7. The zero-order chi connectivity index (χ0) is 11.8. The topological polar surface area (TPSA) is 26.3 Å². The van der Waals surface area contributed by atoms with Crippen molar-refractivity contribution in [2.24, 2.45) is 0 Å². The molecule has 0 saturated heterocycles. The molecule has 1 saturated carbocycles. The van der Waals surface area contributed by atoms with E-state index in [1.54, 1.807) is 11.8 Å². The van der Waals surface area contributed by atoms with Gasteiger partial charge in [-0.3, -0.25) is 4.79 Å². The number of ether oxygens (including phenoxy) is 1. The maximum atomic E-state index is 11.7. The number of esters is 1. The van der Waals surface area contributed by atoms with Crippen LogP contribution in [0.3, 0.4) is 0 Å². The summed E-state index contributed by atoms with van der Waals surface area (Å²) < 4.78 is 5.92. The molecule has 2 nitrogen and oxygen atoms in total. The van der Waals surface area contributed by atoms with E-state index >= 15 is 0 Å². The molecule has 0 bridgehead atoms. The third-order valence-electron chi connectivity index (χ3n) is 3.03. The Labute approximate surface area is 108 Å². The Bertz CT molecular complexity index is 427. The summed E-state index contributed by atoms with van der Waals surface area (Å²) in [5, 5.41) is 0. The Kier molecular flexibility index (Phi) is 3.31. The van der Waals surface area contributed by atoms with Crippen LogP contribution >= 0.6 is 27.7 Å². The van der Waals surface area contributed by atoms with Gasteiger partial charge in [-0.25, -0.2) is 0 Å². The molecule has 0 amide bonds. The fraction of sp³-hybridized carbons (Fsp3) is 0.417. The van der Waals surface area contributed by atoms with Gasteiger partial charge in [-0.1, -0.05) is 6.07 Å². The second kappa shape index (κ2) is 4.41. The second-order valence-corrected chi connectivity index (χ2v) is 5.63. The highest BCUT2D eigenvalue weighted by Gasteiger charge is 2.52. The summed E-state index contributed by atoms with van der Waals surface area (Å²) >= 11 is 5.21. The van der Waals surface area contributed by atoms with Crippen molar-refractivity contribution < 1.29 is 9.53 Å². The summed E-state index contributed by atoms with van der Waals surface area (Å²) in [4.78, 5) is 12.9. The molecule has 16 heavy (non-hydrogen) atoms. The Morgan fingerprint density at radius 2 is 2.19 bits per heavy atom. The second-order valence-electron chi connectivity index (χ2n) is 3.92. The van der Waals surface area contributed by atoms with Gasteiger partial charge in [0.15, 0.2) is 0 Å². The monoisotopic (exact) mass is 300 g/mol. The number of carbonyl (C=O) groups excluding carboxylic acids is 1. The molecule has 0 unspecified atom stereocenters. The number of benzene rings is 1. The lowest BCUT2D eigenvalue weighted by Crippen LogP contribution is -2.21. The number of methoxy groups -OCH3 is 1. The van der Waals surface area contributed by atoms with Crippen LogP contribution < -0.4 is 0 Å². The molecule has 4 heteroatoms. The molecule has 1 aliphatic rings. The predicted molar refractivity (Wildman–Crippen MR) is 68.9 cm³/mol. The fourth-order valence-corrected chi connectivity index (χ4v) is 3.22. The maximum absolute atomic E-state index is 11.7. The van der Waals surface area contributed by atoms with Crippen molar-refractivity contribution in [3.63, 3.8) is 0 Å². The third-order valence-corrected chi connectivity index (χ3v) is 4.74. The molecule has 0 N–H and O–H groups in total. The van der Waals surface area contributed by atoms with Crippen molar-refractivity contribution >= 4 is 33.7 Å². The van der Waals surface area contributed by atoms with E-state index in [1.807, 2.05) is 24.5 Å². The summed E-state index contributed by atoms with van der Waals surface area (Å²) in [7, 11) is 1.45. The van der Waals surface area contributed by atoms with E-state index in [2.05, 4.69) is 15.9 Å². The lowest BCUT2D eigenvalue weighted by Gasteiger charge is -2.14. The number of hydrogen-bond acceptors (Lipinski definition) is 3. The summed E-state index contributed by atoms with van der Waals surface area (Å²) in [6, 6.07) is 6.11. The first-order valence-electron chi connectivity index (χ1n) is 5.06. The van der Waals surface area contributed by atoms with Crippen molar-refractivity contribution in [2.75, 3.05) is 13.4 Å². The number of carbonyl (C=O) groups is 1. The average molecular weight is 301 g/mol. The number of thioether (sulfide) groups is 1. The highest BCUT2D eigenvalue weighted by molar-refractivity contribution is 9.10. The molecule has 0 radical (unpaired) electrons. The van der Waals surface area contributed by atoms with Crippen LogP contribution in [-0.2, 0) is 14.9 Å². The van der Waals surface area contributed by atoms with E-state index in [0.29, 0.717) is 0 Å². The quantitative estimate of drug-likeness (QED) is 0.632. The van der Waals surface area contributed by atoms with Gasteiger partial charge in [0, 0.05) is 9.37 Å². The summed E-state index contributed by atoms with van der Waals surface area (Å²) in [5.74, 6) is -0.115. The summed E-state index contributed by atoms with van der Waals surface area (Å²) in [5.41, 5.74) is 0.692. The molecule has 1 fully saturated rings. The molecule has 1 aromatic rings. The first kappa shape index (κ1) is 12.0. The van der Waals surface area contributed by atoms with E-state index in [9.17, 15) is 4.79 Å². The van der Waals surface area contributed by atoms with Gasteiger partial charge >= 0.3 is 5.97 Å². The minimum atomic E-state index is -0.367. The van der Waals surface area contributed by atoms with Crippen LogP contribution in [0.25, 0.3) is 0 Å². The van der Waals surface area contributed by atoms with Crippen LogP contribution in [0.4, 0.5) is 0 Å². The molecule has 86 valence electrons. The third kappa shape index (κ3) is 1.89. The summed E-state index contributed by atoms with van der Waals surface area (Å²) in [6.07, 6.45) is 3.82. The minimum absolute atomic E-state index is 0.115. The predicted octanol–water partition coefficient (Wildman–Crippen LogP) is 3.38. The van der Waals surface area contributed by atoms with Gasteiger partial charge in [-0.05, 0) is 52.7 Å². The van der Waals surface area contributed by atoms with Gasteiger partial charge < -0.3 is 4.74 Å². The molecule has 0 aromatic heterocycles. The normalized spacial score (nSPS) is 16.9. The van der Waals surface area contributed by atoms with Crippen molar-refractivity contribution in [1.82, 2.24) is 0 Å². The van der Waals surface area contributed by atoms with Gasteiger partial charge in [0.05, 0.1) is 12.5 Å². The number of rotatable bonds is 3. The molecular weight excluding hydrogens is 288 g/mol. The van der Waals surface area contributed by atoms with Crippen LogP contribution in [0.2, 0.25) is 0 Å². The van der Waals surface area contributed by atoms with Crippen LogP contribution in [-0.4, -0.2) is 19.3 Å². The lowest BCUT2D eigenvalue weighted by atomic mass is 9.96. The van der Waals surface area contributed by atoms with E-state index in [4.69, 9.17) is 4.74 Å². The van der Waals surface area contributed by atoms with Gasteiger partial charge in [0.2, 0.25) is 0 Å². The molecule has 2 rings (SSSR count). The van der Waals surface area contributed by atoms with Crippen LogP contribution in [0.1, 0.15) is 18.4 Å². The fourth-order valence-electron chi connectivity index (χ4n) is 1.90. The van der Waals surface area contributed by atoms with Crippen molar-refractivity contribution in [3.05, 3.63) is 28.2 Å². The molecule has 0 spiro atoms. The number of hydrogen-bond donors (Lipinski definition) is 0. The SMILES string of the molecule is COC(=O)C1(c2ccc(SC)c(Br)c2)CC1. The maximum Gasteiger partial charge on any atom is 0.316 e. The van der Waals surface area contributed by atoms with Crippen molar-refractivity contribution in [1.29, 1.82) is 0 Å². The Balaban J connectivity index is 2.35. The lowest BCUT2D eigenvalue weighted by molar-refractivity contribution is -0.143. The molecule has 0 heterocycles. The van der Waals surface area contributed by atoms with Gasteiger partial charge in [0.1, 0.15) is 0 Å². The smallest absolute Gasteiger partial charge is 0.316 e. The highest BCUT2D eigenvalue weighted by atomic mass is 79.9. The average Bonchev–Trinajstić information content (AvgIpc) is 3.09. The molecule has 1 aliphatic carbocycles. The highest BCUT2D eigenvalue weighted by Crippen LogP contribution is 2.50.